The Kier molecular flexibility index (Phi) is 4.11. The molecule has 0 radical (unpaired) electrons. The molecule has 1 heterocycles. The SMILES string of the molecule is CC(C)C(CNC1CC1)N1CCOCC1(C)C. The van der Waals surface area contributed by atoms with Crippen LogP contribution in [0.4, 0.5) is 0 Å². The zero-order valence-electron chi connectivity index (χ0n) is 11.8. The van der Waals surface area contributed by atoms with E-state index in [2.05, 4.69) is 37.9 Å². The lowest BCUT2D eigenvalue weighted by Crippen LogP contribution is -2.60. The highest BCUT2D eigenvalue weighted by molar-refractivity contribution is 4.93. The second kappa shape index (κ2) is 5.25. The first-order valence-corrected chi connectivity index (χ1v) is 7.08. The first kappa shape index (κ1) is 13.3. The van der Waals surface area contributed by atoms with E-state index in [1.807, 2.05) is 0 Å². The van der Waals surface area contributed by atoms with Crippen LogP contribution in [0.15, 0.2) is 0 Å². The van der Waals surface area contributed by atoms with Gasteiger partial charge in [-0.15, -0.1) is 0 Å². The molecule has 2 rings (SSSR count). The van der Waals surface area contributed by atoms with Crippen LogP contribution in [-0.2, 0) is 4.74 Å². The van der Waals surface area contributed by atoms with Gasteiger partial charge in [0.1, 0.15) is 0 Å². The van der Waals surface area contributed by atoms with E-state index in [-0.39, 0.29) is 5.54 Å². The highest BCUT2D eigenvalue weighted by atomic mass is 16.5. The molecule has 0 amide bonds. The number of hydrogen-bond acceptors (Lipinski definition) is 3. The first-order valence-electron chi connectivity index (χ1n) is 7.08. The van der Waals surface area contributed by atoms with Gasteiger partial charge >= 0.3 is 0 Å². The molecule has 0 bridgehead atoms. The molecule has 1 unspecified atom stereocenters. The number of ether oxygens (including phenoxy) is 1. The third kappa shape index (κ3) is 3.43. The standard InChI is InChI=1S/C14H28N2O/c1-11(2)13(9-15-12-5-6-12)16-7-8-17-10-14(16,3)4/h11-13,15H,5-10H2,1-4H3. The van der Waals surface area contributed by atoms with Crippen LogP contribution in [-0.4, -0.2) is 48.8 Å². The van der Waals surface area contributed by atoms with E-state index in [9.17, 15) is 0 Å². The van der Waals surface area contributed by atoms with Crippen LogP contribution in [0, 0.1) is 5.92 Å². The average molecular weight is 240 g/mol. The van der Waals surface area contributed by atoms with Gasteiger partial charge < -0.3 is 10.1 Å². The minimum atomic E-state index is 0.179. The van der Waals surface area contributed by atoms with Crippen molar-refractivity contribution in [3.05, 3.63) is 0 Å². The highest BCUT2D eigenvalue weighted by Gasteiger charge is 2.37. The van der Waals surface area contributed by atoms with Crippen molar-refractivity contribution in [3.63, 3.8) is 0 Å². The fourth-order valence-corrected chi connectivity index (χ4v) is 2.77. The summed E-state index contributed by atoms with van der Waals surface area (Å²) in [6, 6.07) is 1.44. The second-order valence-corrected chi connectivity index (χ2v) is 6.55. The zero-order valence-corrected chi connectivity index (χ0v) is 11.8. The second-order valence-electron chi connectivity index (χ2n) is 6.55. The smallest absolute Gasteiger partial charge is 0.0645 e. The maximum Gasteiger partial charge on any atom is 0.0645 e. The van der Waals surface area contributed by atoms with Crippen molar-refractivity contribution in [2.75, 3.05) is 26.3 Å². The first-order chi connectivity index (χ1) is 8.00. The fraction of sp³-hybridized carbons (Fsp3) is 1.00. The minimum Gasteiger partial charge on any atom is -0.378 e. The summed E-state index contributed by atoms with van der Waals surface area (Å²) in [6.45, 7) is 13.2. The fourth-order valence-electron chi connectivity index (χ4n) is 2.77. The lowest BCUT2D eigenvalue weighted by atomic mass is 9.94. The van der Waals surface area contributed by atoms with Crippen LogP contribution < -0.4 is 5.32 Å². The molecular weight excluding hydrogens is 212 g/mol. The van der Waals surface area contributed by atoms with E-state index < -0.39 is 0 Å². The van der Waals surface area contributed by atoms with Gasteiger partial charge in [0.05, 0.1) is 13.2 Å². The summed E-state index contributed by atoms with van der Waals surface area (Å²) in [5.41, 5.74) is 0.179. The van der Waals surface area contributed by atoms with Crippen LogP contribution in [0.3, 0.4) is 0 Å². The Labute approximate surface area is 106 Å². The predicted octanol–water partition coefficient (Wildman–Crippen LogP) is 1.87. The Bertz CT molecular complexity index is 249. The van der Waals surface area contributed by atoms with Gasteiger partial charge in [-0.05, 0) is 32.6 Å². The van der Waals surface area contributed by atoms with Crippen molar-refractivity contribution in [1.82, 2.24) is 10.2 Å². The molecule has 100 valence electrons. The Balaban J connectivity index is 1.96. The molecule has 1 saturated carbocycles. The summed E-state index contributed by atoms with van der Waals surface area (Å²) in [6.07, 6.45) is 2.74. The van der Waals surface area contributed by atoms with E-state index in [0.717, 1.165) is 32.3 Å². The van der Waals surface area contributed by atoms with E-state index in [0.29, 0.717) is 12.0 Å². The zero-order chi connectivity index (χ0) is 12.5. The van der Waals surface area contributed by atoms with Crippen LogP contribution in [0.25, 0.3) is 0 Å². The number of morpholine rings is 1. The predicted molar refractivity (Wildman–Crippen MR) is 71.3 cm³/mol. The molecule has 1 atom stereocenters. The Hall–Kier alpha value is -0.120. The van der Waals surface area contributed by atoms with Crippen molar-refractivity contribution in [2.45, 2.75) is 58.2 Å². The van der Waals surface area contributed by atoms with Gasteiger partial charge in [0.15, 0.2) is 0 Å². The summed E-state index contributed by atoms with van der Waals surface area (Å²) in [7, 11) is 0. The van der Waals surface area contributed by atoms with Crippen molar-refractivity contribution in [1.29, 1.82) is 0 Å². The van der Waals surface area contributed by atoms with Gasteiger partial charge in [-0.3, -0.25) is 4.90 Å². The third-order valence-corrected chi connectivity index (χ3v) is 4.07. The molecule has 1 N–H and O–H groups in total. The van der Waals surface area contributed by atoms with Crippen molar-refractivity contribution in [2.24, 2.45) is 5.92 Å². The summed E-state index contributed by atoms with van der Waals surface area (Å²) >= 11 is 0. The highest BCUT2D eigenvalue weighted by Crippen LogP contribution is 2.26. The molecule has 3 nitrogen and oxygen atoms in total. The molecule has 2 fully saturated rings. The largest absolute Gasteiger partial charge is 0.378 e. The van der Waals surface area contributed by atoms with Crippen LogP contribution in [0.1, 0.15) is 40.5 Å². The van der Waals surface area contributed by atoms with Gasteiger partial charge in [0, 0.05) is 30.7 Å². The summed E-state index contributed by atoms with van der Waals surface area (Å²) in [4.78, 5) is 2.65. The molecule has 0 aromatic rings. The third-order valence-electron chi connectivity index (χ3n) is 4.07. The molecule has 2 aliphatic rings. The van der Waals surface area contributed by atoms with Gasteiger partial charge in [0.25, 0.3) is 0 Å². The lowest BCUT2D eigenvalue weighted by Gasteiger charge is -2.48. The van der Waals surface area contributed by atoms with E-state index in [1.165, 1.54) is 12.8 Å². The van der Waals surface area contributed by atoms with Crippen LogP contribution in [0.5, 0.6) is 0 Å². The Morgan fingerprint density at radius 1 is 1.35 bits per heavy atom. The molecule has 17 heavy (non-hydrogen) atoms. The van der Waals surface area contributed by atoms with Crippen molar-refractivity contribution in [3.8, 4) is 0 Å². The minimum absolute atomic E-state index is 0.179. The molecule has 0 spiro atoms. The molecule has 1 aliphatic carbocycles. The molecular formula is C14H28N2O. The summed E-state index contributed by atoms with van der Waals surface area (Å²) < 4.78 is 5.62. The molecule has 1 aliphatic heterocycles. The van der Waals surface area contributed by atoms with Gasteiger partial charge in [-0.25, -0.2) is 0 Å². The average Bonchev–Trinajstić information content (AvgIpc) is 3.03. The van der Waals surface area contributed by atoms with Gasteiger partial charge in [-0.1, -0.05) is 13.8 Å². The normalized spacial score (nSPS) is 27.4. The molecule has 1 saturated heterocycles. The molecule has 0 aromatic heterocycles. The number of nitrogens with zero attached hydrogens (tertiary/aromatic N) is 1. The van der Waals surface area contributed by atoms with Gasteiger partial charge in [0.2, 0.25) is 0 Å². The lowest BCUT2D eigenvalue weighted by molar-refractivity contribution is -0.0798. The van der Waals surface area contributed by atoms with E-state index >= 15 is 0 Å². The topological polar surface area (TPSA) is 24.5 Å². The molecule has 0 aromatic carbocycles. The van der Waals surface area contributed by atoms with E-state index in [4.69, 9.17) is 4.74 Å². The maximum atomic E-state index is 5.62. The number of rotatable bonds is 5. The van der Waals surface area contributed by atoms with Crippen LogP contribution in [0.2, 0.25) is 0 Å². The Morgan fingerprint density at radius 2 is 2.06 bits per heavy atom. The van der Waals surface area contributed by atoms with Crippen LogP contribution >= 0.6 is 0 Å². The number of hydrogen-bond donors (Lipinski definition) is 1. The van der Waals surface area contributed by atoms with Crippen molar-refractivity contribution >= 4 is 0 Å². The van der Waals surface area contributed by atoms with Crippen molar-refractivity contribution < 1.29 is 4.74 Å². The number of nitrogens with one attached hydrogen (secondary N) is 1. The summed E-state index contributed by atoms with van der Waals surface area (Å²) in [5.74, 6) is 0.693. The maximum absolute atomic E-state index is 5.62. The molecule has 3 heteroatoms. The Morgan fingerprint density at radius 3 is 2.59 bits per heavy atom. The van der Waals surface area contributed by atoms with Gasteiger partial charge in [-0.2, -0.15) is 0 Å². The van der Waals surface area contributed by atoms with E-state index in [1.54, 1.807) is 0 Å². The monoisotopic (exact) mass is 240 g/mol. The summed E-state index contributed by atoms with van der Waals surface area (Å²) in [5, 5.41) is 3.69. The quantitative estimate of drug-likeness (QED) is 0.794.